The first-order valence-electron chi connectivity index (χ1n) is 8.34. The summed E-state index contributed by atoms with van der Waals surface area (Å²) in [6.45, 7) is 6.19. The Hall–Kier alpha value is -2.82. The van der Waals surface area contributed by atoms with Crippen LogP contribution in [0.15, 0.2) is 42.5 Å². The number of aryl methyl sites for hydroxylation is 1. The summed E-state index contributed by atoms with van der Waals surface area (Å²) >= 11 is 0. The summed E-state index contributed by atoms with van der Waals surface area (Å²) in [6, 6.07) is 13.0. The van der Waals surface area contributed by atoms with Crippen molar-refractivity contribution in [3.05, 3.63) is 59.2 Å². The van der Waals surface area contributed by atoms with Crippen LogP contribution in [0.2, 0.25) is 0 Å². The molecule has 1 amide bonds. The molecule has 1 unspecified atom stereocenters. The first-order chi connectivity index (χ1) is 12.0. The lowest BCUT2D eigenvalue weighted by Crippen LogP contribution is -2.44. The van der Waals surface area contributed by atoms with Gasteiger partial charge in [0.05, 0.1) is 24.4 Å². The SMILES string of the molecule is CCOC(=O)c1cccc(CN2C(=O)C(C)Oc3ccc(C)cc32)c1. The van der Waals surface area contributed by atoms with Gasteiger partial charge < -0.3 is 14.4 Å². The Morgan fingerprint density at radius 2 is 2.04 bits per heavy atom. The van der Waals surface area contributed by atoms with Gasteiger partial charge in [-0.05, 0) is 56.2 Å². The quantitative estimate of drug-likeness (QED) is 0.800. The number of ether oxygens (including phenoxy) is 2. The van der Waals surface area contributed by atoms with Crippen molar-refractivity contribution >= 4 is 17.6 Å². The minimum absolute atomic E-state index is 0.0976. The molecule has 5 nitrogen and oxygen atoms in total. The van der Waals surface area contributed by atoms with Gasteiger partial charge in [0.25, 0.3) is 5.91 Å². The standard InChI is InChI=1S/C20H21NO4/c1-4-24-20(23)16-7-5-6-15(11-16)12-21-17-10-13(2)8-9-18(17)25-14(3)19(21)22/h5-11,14H,4,12H2,1-3H3. The number of anilines is 1. The lowest BCUT2D eigenvalue weighted by molar-refractivity contribution is -0.125. The maximum atomic E-state index is 12.6. The average molecular weight is 339 g/mol. The topological polar surface area (TPSA) is 55.8 Å². The van der Waals surface area contributed by atoms with E-state index in [0.29, 0.717) is 24.5 Å². The fourth-order valence-electron chi connectivity index (χ4n) is 2.87. The van der Waals surface area contributed by atoms with Gasteiger partial charge in [0.1, 0.15) is 5.75 Å². The van der Waals surface area contributed by atoms with Crippen molar-refractivity contribution in [3.8, 4) is 5.75 Å². The highest BCUT2D eigenvalue weighted by Crippen LogP contribution is 2.35. The van der Waals surface area contributed by atoms with E-state index >= 15 is 0 Å². The van der Waals surface area contributed by atoms with Gasteiger partial charge in [-0.25, -0.2) is 4.79 Å². The molecule has 1 heterocycles. The van der Waals surface area contributed by atoms with E-state index in [9.17, 15) is 9.59 Å². The second-order valence-electron chi connectivity index (χ2n) is 6.08. The summed E-state index contributed by atoms with van der Waals surface area (Å²) in [4.78, 5) is 26.3. The number of hydrogen-bond donors (Lipinski definition) is 0. The Balaban J connectivity index is 1.92. The summed E-state index contributed by atoms with van der Waals surface area (Å²) in [5.41, 5.74) is 3.15. The molecule has 1 aliphatic rings. The molecule has 1 aliphatic heterocycles. The van der Waals surface area contributed by atoms with Crippen LogP contribution in [0.4, 0.5) is 5.69 Å². The van der Waals surface area contributed by atoms with E-state index in [1.54, 1.807) is 36.9 Å². The van der Waals surface area contributed by atoms with Crippen LogP contribution >= 0.6 is 0 Å². The lowest BCUT2D eigenvalue weighted by atomic mass is 10.1. The molecule has 0 fully saturated rings. The molecule has 130 valence electrons. The van der Waals surface area contributed by atoms with Gasteiger partial charge >= 0.3 is 5.97 Å². The van der Waals surface area contributed by atoms with Crippen LogP contribution in [-0.2, 0) is 16.1 Å². The molecule has 0 N–H and O–H groups in total. The molecule has 1 atom stereocenters. The first kappa shape index (κ1) is 17.0. The number of rotatable bonds is 4. The molecular weight excluding hydrogens is 318 g/mol. The predicted octanol–water partition coefficient (Wildman–Crippen LogP) is 3.49. The molecule has 0 spiro atoms. The number of amides is 1. The largest absolute Gasteiger partial charge is 0.479 e. The molecule has 25 heavy (non-hydrogen) atoms. The zero-order valence-electron chi connectivity index (χ0n) is 14.6. The average Bonchev–Trinajstić information content (AvgIpc) is 2.60. The summed E-state index contributed by atoms with van der Waals surface area (Å²) in [7, 11) is 0. The summed E-state index contributed by atoms with van der Waals surface area (Å²) in [5, 5.41) is 0. The smallest absolute Gasteiger partial charge is 0.338 e. The number of hydrogen-bond acceptors (Lipinski definition) is 4. The summed E-state index contributed by atoms with van der Waals surface area (Å²) in [5.74, 6) is 0.237. The van der Waals surface area contributed by atoms with Crippen molar-refractivity contribution in [3.63, 3.8) is 0 Å². The fraction of sp³-hybridized carbons (Fsp3) is 0.300. The molecule has 0 bridgehead atoms. The Morgan fingerprint density at radius 1 is 1.24 bits per heavy atom. The molecule has 0 aromatic heterocycles. The van der Waals surface area contributed by atoms with E-state index in [1.165, 1.54) is 0 Å². The van der Waals surface area contributed by atoms with E-state index in [4.69, 9.17) is 9.47 Å². The number of benzene rings is 2. The van der Waals surface area contributed by atoms with Gasteiger partial charge in [0, 0.05) is 0 Å². The van der Waals surface area contributed by atoms with Gasteiger partial charge in [-0.15, -0.1) is 0 Å². The Kier molecular flexibility index (Phi) is 4.74. The van der Waals surface area contributed by atoms with Crippen molar-refractivity contribution < 1.29 is 19.1 Å². The zero-order valence-corrected chi connectivity index (χ0v) is 14.6. The molecule has 0 radical (unpaired) electrons. The van der Waals surface area contributed by atoms with E-state index in [2.05, 4.69) is 0 Å². The van der Waals surface area contributed by atoms with E-state index in [-0.39, 0.29) is 11.9 Å². The first-order valence-corrected chi connectivity index (χ1v) is 8.34. The van der Waals surface area contributed by atoms with E-state index in [0.717, 1.165) is 16.8 Å². The van der Waals surface area contributed by atoms with Gasteiger partial charge in [-0.2, -0.15) is 0 Å². The number of nitrogens with zero attached hydrogens (tertiary/aromatic N) is 1. The molecule has 5 heteroatoms. The summed E-state index contributed by atoms with van der Waals surface area (Å²) < 4.78 is 10.7. The van der Waals surface area contributed by atoms with Crippen molar-refractivity contribution in [2.24, 2.45) is 0 Å². The Bertz CT molecular complexity index is 815. The van der Waals surface area contributed by atoms with Gasteiger partial charge in [0.15, 0.2) is 6.10 Å². The number of fused-ring (bicyclic) bond motifs is 1. The molecule has 3 rings (SSSR count). The summed E-state index contributed by atoms with van der Waals surface area (Å²) in [6.07, 6.45) is -0.538. The Morgan fingerprint density at radius 3 is 2.80 bits per heavy atom. The normalized spacial score (nSPS) is 16.2. The fourth-order valence-corrected chi connectivity index (χ4v) is 2.87. The van der Waals surface area contributed by atoms with Crippen LogP contribution in [0, 0.1) is 6.92 Å². The molecular formula is C20H21NO4. The second kappa shape index (κ2) is 6.97. The van der Waals surface area contributed by atoms with Gasteiger partial charge in [-0.1, -0.05) is 18.2 Å². The van der Waals surface area contributed by atoms with Crippen LogP contribution in [0.3, 0.4) is 0 Å². The van der Waals surface area contributed by atoms with Crippen molar-refractivity contribution in [1.82, 2.24) is 0 Å². The van der Waals surface area contributed by atoms with Crippen molar-refractivity contribution in [2.45, 2.75) is 33.4 Å². The maximum Gasteiger partial charge on any atom is 0.338 e. The maximum absolute atomic E-state index is 12.6. The van der Waals surface area contributed by atoms with Crippen molar-refractivity contribution in [2.75, 3.05) is 11.5 Å². The van der Waals surface area contributed by atoms with Crippen molar-refractivity contribution in [1.29, 1.82) is 0 Å². The highest BCUT2D eigenvalue weighted by atomic mass is 16.5. The molecule has 2 aromatic rings. The third-order valence-electron chi connectivity index (χ3n) is 4.10. The number of carbonyl (C=O) groups is 2. The zero-order chi connectivity index (χ0) is 18.0. The highest BCUT2D eigenvalue weighted by Gasteiger charge is 2.31. The number of carbonyl (C=O) groups excluding carboxylic acids is 2. The molecule has 0 saturated heterocycles. The second-order valence-corrected chi connectivity index (χ2v) is 6.08. The number of esters is 1. The third kappa shape index (κ3) is 3.50. The van der Waals surface area contributed by atoms with Crippen LogP contribution in [0.25, 0.3) is 0 Å². The van der Waals surface area contributed by atoms with Crippen LogP contribution in [0.5, 0.6) is 5.75 Å². The highest BCUT2D eigenvalue weighted by molar-refractivity contribution is 6.00. The minimum Gasteiger partial charge on any atom is -0.479 e. The third-order valence-corrected chi connectivity index (χ3v) is 4.10. The minimum atomic E-state index is -0.538. The molecule has 0 aliphatic carbocycles. The monoisotopic (exact) mass is 339 g/mol. The Labute approximate surface area is 147 Å². The van der Waals surface area contributed by atoms with Crippen LogP contribution in [0.1, 0.15) is 35.3 Å². The van der Waals surface area contributed by atoms with E-state index in [1.807, 2.05) is 31.2 Å². The van der Waals surface area contributed by atoms with Crippen LogP contribution < -0.4 is 9.64 Å². The lowest BCUT2D eigenvalue weighted by Gasteiger charge is -2.33. The van der Waals surface area contributed by atoms with E-state index < -0.39 is 6.10 Å². The molecule has 2 aromatic carbocycles. The van der Waals surface area contributed by atoms with Crippen LogP contribution in [-0.4, -0.2) is 24.6 Å². The van der Waals surface area contributed by atoms with Gasteiger partial charge in [0.2, 0.25) is 0 Å². The molecule has 0 saturated carbocycles. The van der Waals surface area contributed by atoms with Gasteiger partial charge in [-0.3, -0.25) is 4.79 Å². The predicted molar refractivity (Wildman–Crippen MR) is 94.9 cm³/mol.